The van der Waals surface area contributed by atoms with E-state index in [-0.39, 0.29) is 6.10 Å². The van der Waals surface area contributed by atoms with E-state index in [2.05, 4.69) is 31.4 Å². The summed E-state index contributed by atoms with van der Waals surface area (Å²) in [6, 6.07) is 1.41. The SMILES string of the molecule is CCC(O)C(C)C1CNC(C)C(C)N1. The van der Waals surface area contributed by atoms with Crippen molar-refractivity contribution in [3.05, 3.63) is 0 Å². The summed E-state index contributed by atoms with van der Waals surface area (Å²) in [6.45, 7) is 9.49. The summed E-state index contributed by atoms with van der Waals surface area (Å²) in [4.78, 5) is 0. The van der Waals surface area contributed by atoms with E-state index in [1.165, 1.54) is 0 Å². The standard InChI is InChI=1S/C11H24N2O/c1-5-11(14)7(2)10-6-12-8(3)9(4)13-10/h7-14H,5-6H2,1-4H3. The summed E-state index contributed by atoms with van der Waals surface area (Å²) >= 11 is 0. The van der Waals surface area contributed by atoms with Crippen molar-refractivity contribution in [1.29, 1.82) is 0 Å². The van der Waals surface area contributed by atoms with Gasteiger partial charge in [-0.3, -0.25) is 0 Å². The Labute approximate surface area is 87.3 Å². The Morgan fingerprint density at radius 2 is 2.00 bits per heavy atom. The number of hydrogen-bond acceptors (Lipinski definition) is 3. The summed E-state index contributed by atoms with van der Waals surface area (Å²) in [5.74, 6) is 0.322. The lowest BCUT2D eigenvalue weighted by atomic mass is 9.91. The predicted octanol–water partition coefficient (Wildman–Crippen LogP) is 0.732. The minimum Gasteiger partial charge on any atom is -0.393 e. The normalized spacial score (nSPS) is 37.9. The maximum Gasteiger partial charge on any atom is 0.0578 e. The zero-order chi connectivity index (χ0) is 10.7. The van der Waals surface area contributed by atoms with Crippen LogP contribution in [0.1, 0.15) is 34.1 Å². The van der Waals surface area contributed by atoms with E-state index in [4.69, 9.17) is 0 Å². The van der Waals surface area contributed by atoms with Crippen LogP contribution >= 0.6 is 0 Å². The smallest absolute Gasteiger partial charge is 0.0578 e. The Balaban J connectivity index is 2.45. The molecule has 1 rings (SSSR count). The van der Waals surface area contributed by atoms with Crippen molar-refractivity contribution >= 4 is 0 Å². The number of hydrogen-bond donors (Lipinski definition) is 3. The number of piperazine rings is 1. The third kappa shape index (κ3) is 2.69. The van der Waals surface area contributed by atoms with E-state index in [0.717, 1.165) is 13.0 Å². The monoisotopic (exact) mass is 200 g/mol. The van der Waals surface area contributed by atoms with Crippen LogP contribution in [0.2, 0.25) is 0 Å². The van der Waals surface area contributed by atoms with Gasteiger partial charge in [0, 0.05) is 24.7 Å². The quantitative estimate of drug-likeness (QED) is 0.629. The van der Waals surface area contributed by atoms with Crippen LogP contribution < -0.4 is 10.6 Å². The lowest BCUT2D eigenvalue weighted by Gasteiger charge is -2.39. The summed E-state index contributed by atoms with van der Waals surface area (Å²) < 4.78 is 0. The molecule has 0 aromatic rings. The van der Waals surface area contributed by atoms with Gasteiger partial charge in [-0.15, -0.1) is 0 Å². The van der Waals surface area contributed by atoms with E-state index in [9.17, 15) is 5.11 Å². The molecule has 0 radical (unpaired) electrons. The zero-order valence-corrected chi connectivity index (χ0v) is 9.75. The van der Waals surface area contributed by atoms with Crippen LogP contribution in [-0.4, -0.2) is 35.9 Å². The maximum absolute atomic E-state index is 9.76. The predicted molar refractivity (Wildman–Crippen MR) is 59.3 cm³/mol. The molecular formula is C11H24N2O. The van der Waals surface area contributed by atoms with Crippen LogP contribution in [0, 0.1) is 5.92 Å². The molecule has 0 saturated carbocycles. The van der Waals surface area contributed by atoms with Crippen molar-refractivity contribution in [2.75, 3.05) is 6.54 Å². The highest BCUT2D eigenvalue weighted by atomic mass is 16.3. The average Bonchev–Trinajstić information content (AvgIpc) is 2.20. The Morgan fingerprint density at radius 1 is 1.36 bits per heavy atom. The van der Waals surface area contributed by atoms with Gasteiger partial charge in [-0.1, -0.05) is 13.8 Å². The van der Waals surface area contributed by atoms with Crippen LogP contribution in [0.4, 0.5) is 0 Å². The second-order valence-corrected chi connectivity index (χ2v) is 4.59. The molecule has 0 bridgehead atoms. The minimum atomic E-state index is -0.185. The van der Waals surface area contributed by atoms with E-state index in [1.807, 2.05) is 6.92 Å². The van der Waals surface area contributed by atoms with Crippen molar-refractivity contribution in [3.63, 3.8) is 0 Å². The molecule has 3 heteroatoms. The van der Waals surface area contributed by atoms with Gasteiger partial charge < -0.3 is 15.7 Å². The van der Waals surface area contributed by atoms with Gasteiger partial charge in [0.2, 0.25) is 0 Å². The lowest BCUT2D eigenvalue weighted by molar-refractivity contribution is 0.0774. The zero-order valence-electron chi connectivity index (χ0n) is 9.75. The summed E-state index contributed by atoms with van der Waals surface area (Å²) in [6.07, 6.45) is 0.651. The van der Waals surface area contributed by atoms with Gasteiger partial charge in [0.05, 0.1) is 6.10 Å². The maximum atomic E-state index is 9.76. The first-order valence-corrected chi connectivity index (χ1v) is 5.73. The van der Waals surface area contributed by atoms with Gasteiger partial charge in [-0.2, -0.15) is 0 Å². The number of rotatable bonds is 3. The van der Waals surface area contributed by atoms with Gasteiger partial charge in [-0.25, -0.2) is 0 Å². The Hall–Kier alpha value is -0.120. The molecule has 3 nitrogen and oxygen atoms in total. The van der Waals surface area contributed by atoms with Gasteiger partial charge >= 0.3 is 0 Å². The van der Waals surface area contributed by atoms with Gasteiger partial charge in [-0.05, 0) is 26.2 Å². The van der Waals surface area contributed by atoms with Gasteiger partial charge in [0.25, 0.3) is 0 Å². The van der Waals surface area contributed by atoms with Crippen molar-refractivity contribution in [1.82, 2.24) is 10.6 Å². The summed E-state index contributed by atoms with van der Waals surface area (Å²) in [5.41, 5.74) is 0. The Morgan fingerprint density at radius 3 is 2.50 bits per heavy atom. The van der Waals surface area contributed by atoms with E-state index in [0.29, 0.717) is 24.0 Å². The molecule has 0 amide bonds. The first-order chi connectivity index (χ1) is 6.56. The van der Waals surface area contributed by atoms with Gasteiger partial charge in [0.15, 0.2) is 0 Å². The highest BCUT2D eigenvalue weighted by Gasteiger charge is 2.29. The molecule has 0 aromatic heterocycles. The van der Waals surface area contributed by atoms with Crippen molar-refractivity contribution in [2.45, 2.75) is 58.3 Å². The lowest BCUT2D eigenvalue weighted by Crippen LogP contribution is -2.61. The summed E-state index contributed by atoms with van der Waals surface area (Å²) in [7, 11) is 0. The second-order valence-electron chi connectivity index (χ2n) is 4.59. The molecule has 5 unspecified atom stereocenters. The van der Waals surface area contributed by atoms with Crippen molar-refractivity contribution in [3.8, 4) is 0 Å². The highest BCUT2D eigenvalue weighted by Crippen LogP contribution is 2.15. The van der Waals surface area contributed by atoms with Crippen LogP contribution in [0.5, 0.6) is 0 Å². The molecule has 0 aliphatic carbocycles. The third-order valence-electron chi connectivity index (χ3n) is 3.55. The van der Waals surface area contributed by atoms with Crippen LogP contribution in [-0.2, 0) is 0 Å². The minimum absolute atomic E-state index is 0.185. The topological polar surface area (TPSA) is 44.3 Å². The molecule has 5 atom stereocenters. The third-order valence-corrected chi connectivity index (χ3v) is 3.55. The van der Waals surface area contributed by atoms with E-state index < -0.39 is 0 Å². The van der Waals surface area contributed by atoms with Crippen LogP contribution in [0.25, 0.3) is 0 Å². The molecule has 1 aliphatic heterocycles. The molecule has 1 saturated heterocycles. The van der Waals surface area contributed by atoms with Crippen LogP contribution in [0.15, 0.2) is 0 Å². The first kappa shape index (κ1) is 12.0. The fourth-order valence-electron chi connectivity index (χ4n) is 2.01. The molecule has 0 aromatic carbocycles. The summed E-state index contributed by atoms with van der Waals surface area (Å²) in [5, 5.41) is 16.8. The second kappa shape index (κ2) is 5.10. The molecule has 0 spiro atoms. The fraction of sp³-hybridized carbons (Fsp3) is 1.00. The molecule has 1 heterocycles. The Bertz CT molecular complexity index is 175. The first-order valence-electron chi connectivity index (χ1n) is 5.73. The molecule has 3 N–H and O–H groups in total. The van der Waals surface area contributed by atoms with Crippen LogP contribution in [0.3, 0.4) is 0 Å². The average molecular weight is 200 g/mol. The van der Waals surface area contributed by atoms with Gasteiger partial charge in [0.1, 0.15) is 0 Å². The molecule has 84 valence electrons. The van der Waals surface area contributed by atoms with Crippen molar-refractivity contribution < 1.29 is 5.11 Å². The Kier molecular flexibility index (Phi) is 4.35. The molecule has 1 aliphatic rings. The highest BCUT2D eigenvalue weighted by molar-refractivity contribution is 4.90. The largest absolute Gasteiger partial charge is 0.393 e. The number of aliphatic hydroxyl groups is 1. The van der Waals surface area contributed by atoms with E-state index >= 15 is 0 Å². The molecular weight excluding hydrogens is 176 g/mol. The number of nitrogens with one attached hydrogen (secondary N) is 2. The van der Waals surface area contributed by atoms with E-state index in [1.54, 1.807) is 0 Å². The fourth-order valence-corrected chi connectivity index (χ4v) is 2.01. The molecule has 1 fully saturated rings. The van der Waals surface area contributed by atoms with Crippen molar-refractivity contribution in [2.24, 2.45) is 5.92 Å². The molecule has 14 heavy (non-hydrogen) atoms. The number of aliphatic hydroxyl groups excluding tert-OH is 1.